The SMILES string of the molecule is CC(Sc1cccc(NC(=O)c2ccco2)c1)C(=O)Nc1nc(-c2ccc(Br)cc2)cs1. The van der Waals surface area contributed by atoms with Crippen molar-refractivity contribution in [2.24, 2.45) is 0 Å². The molecule has 2 aromatic carbocycles. The maximum Gasteiger partial charge on any atom is 0.291 e. The molecule has 0 saturated carbocycles. The molecule has 0 bridgehead atoms. The van der Waals surface area contributed by atoms with E-state index >= 15 is 0 Å². The van der Waals surface area contributed by atoms with E-state index in [0.29, 0.717) is 10.8 Å². The van der Waals surface area contributed by atoms with Gasteiger partial charge in [0, 0.05) is 26.0 Å². The summed E-state index contributed by atoms with van der Waals surface area (Å²) < 4.78 is 6.11. The Bertz CT molecular complexity index is 1220. The Kier molecular flexibility index (Phi) is 7.09. The molecular weight excluding hydrogens is 510 g/mol. The van der Waals surface area contributed by atoms with Crippen LogP contribution in [0.25, 0.3) is 11.3 Å². The molecule has 0 fully saturated rings. The first kappa shape index (κ1) is 22.3. The van der Waals surface area contributed by atoms with Crippen LogP contribution >= 0.6 is 39.0 Å². The standard InChI is InChI=1S/C23H18BrN3O3S2/c1-14(21(28)27-23-26-19(13-31-23)15-7-9-16(24)10-8-15)32-18-5-2-4-17(12-18)25-22(29)20-6-3-11-30-20/h2-14H,1H3,(H,25,29)(H,26,27,28). The van der Waals surface area contributed by atoms with Crippen LogP contribution < -0.4 is 10.6 Å². The number of hydrogen-bond donors (Lipinski definition) is 2. The summed E-state index contributed by atoms with van der Waals surface area (Å²) in [5, 5.41) is 7.79. The third-order valence-electron chi connectivity index (χ3n) is 4.39. The van der Waals surface area contributed by atoms with Crippen LogP contribution in [0.3, 0.4) is 0 Å². The Morgan fingerprint density at radius 3 is 2.66 bits per heavy atom. The minimum absolute atomic E-state index is 0.142. The number of anilines is 2. The lowest BCUT2D eigenvalue weighted by atomic mass is 10.2. The summed E-state index contributed by atoms with van der Waals surface area (Å²) in [5.74, 6) is -0.230. The van der Waals surface area contributed by atoms with Crippen LogP contribution in [-0.4, -0.2) is 22.0 Å². The molecule has 2 amide bonds. The van der Waals surface area contributed by atoms with Crippen molar-refractivity contribution in [1.29, 1.82) is 0 Å². The van der Waals surface area contributed by atoms with Crippen molar-refractivity contribution in [1.82, 2.24) is 4.98 Å². The lowest BCUT2D eigenvalue weighted by Gasteiger charge is -2.11. The number of aromatic nitrogens is 1. The van der Waals surface area contributed by atoms with E-state index in [-0.39, 0.29) is 22.8 Å². The summed E-state index contributed by atoms with van der Waals surface area (Å²) >= 11 is 6.21. The van der Waals surface area contributed by atoms with Crippen molar-refractivity contribution in [3.05, 3.63) is 82.5 Å². The van der Waals surface area contributed by atoms with Gasteiger partial charge in [-0.3, -0.25) is 9.59 Å². The minimum atomic E-state index is -0.356. The fourth-order valence-corrected chi connectivity index (χ4v) is 4.71. The Labute approximate surface area is 201 Å². The van der Waals surface area contributed by atoms with Gasteiger partial charge in [-0.25, -0.2) is 4.98 Å². The predicted octanol–water partition coefficient (Wildman–Crippen LogP) is 6.54. The van der Waals surface area contributed by atoms with Gasteiger partial charge in [-0.15, -0.1) is 23.1 Å². The number of carbonyl (C=O) groups excluding carboxylic acids is 2. The second kappa shape index (κ2) is 10.2. The number of benzene rings is 2. The molecule has 2 aromatic heterocycles. The number of hydrogen-bond acceptors (Lipinski definition) is 6. The van der Waals surface area contributed by atoms with Crippen molar-refractivity contribution in [2.75, 3.05) is 10.6 Å². The van der Waals surface area contributed by atoms with Crippen LogP contribution in [-0.2, 0) is 4.79 Å². The monoisotopic (exact) mass is 527 g/mol. The Morgan fingerprint density at radius 1 is 1.09 bits per heavy atom. The molecule has 9 heteroatoms. The van der Waals surface area contributed by atoms with Gasteiger partial charge in [0.25, 0.3) is 5.91 Å². The normalized spacial score (nSPS) is 11.7. The van der Waals surface area contributed by atoms with Gasteiger partial charge in [-0.2, -0.15) is 0 Å². The largest absolute Gasteiger partial charge is 0.459 e. The summed E-state index contributed by atoms with van der Waals surface area (Å²) in [5.41, 5.74) is 2.43. The smallest absolute Gasteiger partial charge is 0.291 e. The number of halogens is 1. The van der Waals surface area contributed by atoms with Gasteiger partial charge in [0.05, 0.1) is 17.2 Å². The van der Waals surface area contributed by atoms with E-state index in [0.717, 1.165) is 20.6 Å². The highest BCUT2D eigenvalue weighted by molar-refractivity contribution is 9.10. The van der Waals surface area contributed by atoms with Gasteiger partial charge >= 0.3 is 0 Å². The number of nitrogens with one attached hydrogen (secondary N) is 2. The van der Waals surface area contributed by atoms with Gasteiger partial charge in [0.1, 0.15) is 0 Å². The van der Waals surface area contributed by atoms with Crippen LogP contribution in [0.15, 0.2) is 86.1 Å². The summed E-state index contributed by atoms with van der Waals surface area (Å²) in [6.07, 6.45) is 1.45. The lowest BCUT2D eigenvalue weighted by Crippen LogP contribution is -2.22. The van der Waals surface area contributed by atoms with E-state index in [1.165, 1.54) is 29.4 Å². The van der Waals surface area contributed by atoms with Crippen molar-refractivity contribution >= 4 is 61.7 Å². The van der Waals surface area contributed by atoms with E-state index in [1.54, 1.807) is 18.2 Å². The van der Waals surface area contributed by atoms with Crippen LogP contribution in [0.1, 0.15) is 17.5 Å². The predicted molar refractivity (Wildman–Crippen MR) is 132 cm³/mol. The van der Waals surface area contributed by atoms with E-state index < -0.39 is 0 Å². The zero-order valence-corrected chi connectivity index (χ0v) is 20.1. The molecular formula is C23H18BrN3O3S2. The van der Waals surface area contributed by atoms with E-state index in [4.69, 9.17) is 4.42 Å². The molecule has 6 nitrogen and oxygen atoms in total. The van der Waals surface area contributed by atoms with E-state index in [1.807, 2.05) is 54.8 Å². The van der Waals surface area contributed by atoms with Gasteiger partial charge in [-0.05, 0) is 49.4 Å². The van der Waals surface area contributed by atoms with Crippen LogP contribution in [0.5, 0.6) is 0 Å². The number of furan rings is 1. The molecule has 0 aliphatic rings. The van der Waals surface area contributed by atoms with Crippen molar-refractivity contribution in [3.8, 4) is 11.3 Å². The molecule has 4 aromatic rings. The zero-order chi connectivity index (χ0) is 22.5. The maximum atomic E-state index is 12.7. The molecule has 0 aliphatic carbocycles. The molecule has 2 heterocycles. The first-order valence-electron chi connectivity index (χ1n) is 9.62. The molecule has 0 aliphatic heterocycles. The van der Waals surface area contributed by atoms with Crippen LogP contribution in [0.2, 0.25) is 0 Å². The second-order valence-electron chi connectivity index (χ2n) is 6.75. The fourth-order valence-electron chi connectivity index (χ4n) is 2.80. The number of nitrogens with zero attached hydrogens (tertiary/aromatic N) is 1. The number of amides is 2. The minimum Gasteiger partial charge on any atom is -0.459 e. The molecule has 2 N–H and O–H groups in total. The van der Waals surface area contributed by atoms with Crippen LogP contribution in [0.4, 0.5) is 10.8 Å². The highest BCUT2D eigenvalue weighted by Crippen LogP contribution is 2.29. The Hall–Kier alpha value is -2.88. The van der Waals surface area contributed by atoms with E-state index in [2.05, 4.69) is 31.5 Å². The number of thioether (sulfide) groups is 1. The van der Waals surface area contributed by atoms with Crippen molar-refractivity contribution < 1.29 is 14.0 Å². The summed E-state index contributed by atoms with van der Waals surface area (Å²) in [6.45, 7) is 1.83. The highest BCUT2D eigenvalue weighted by Gasteiger charge is 2.17. The number of carbonyl (C=O) groups is 2. The highest BCUT2D eigenvalue weighted by atomic mass is 79.9. The zero-order valence-electron chi connectivity index (χ0n) is 16.9. The lowest BCUT2D eigenvalue weighted by molar-refractivity contribution is -0.115. The van der Waals surface area contributed by atoms with Gasteiger partial charge in [0.2, 0.25) is 5.91 Å². The molecule has 1 atom stereocenters. The van der Waals surface area contributed by atoms with Gasteiger partial charge in [-0.1, -0.05) is 34.1 Å². The summed E-state index contributed by atoms with van der Waals surface area (Å²) in [6, 6.07) is 18.4. The van der Waals surface area contributed by atoms with Crippen LogP contribution in [0, 0.1) is 0 Å². The average Bonchev–Trinajstić information content (AvgIpc) is 3.47. The van der Waals surface area contributed by atoms with Crippen molar-refractivity contribution in [2.45, 2.75) is 17.1 Å². The third-order valence-corrected chi connectivity index (χ3v) is 6.77. The first-order chi connectivity index (χ1) is 15.5. The molecule has 32 heavy (non-hydrogen) atoms. The van der Waals surface area contributed by atoms with Gasteiger partial charge in [0.15, 0.2) is 10.9 Å². The molecule has 162 valence electrons. The molecule has 4 rings (SSSR count). The van der Waals surface area contributed by atoms with Gasteiger partial charge < -0.3 is 15.1 Å². The topological polar surface area (TPSA) is 84.2 Å². The quantitative estimate of drug-likeness (QED) is 0.266. The molecule has 0 radical (unpaired) electrons. The number of rotatable bonds is 7. The maximum absolute atomic E-state index is 12.7. The molecule has 1 unspecified atom stereocenters. The second-order valence-corrected chi connectivity index (χ2v) is 9.94. The fraction of sp³-hybridized carbons (Fsp3) is 0.0870. The molecule has 0 spiro atoms. The average molecular weight is 528 g/mol. The van der Waals surface area contributed by atoms with Crippen molar-refractivity contribution in [3.63, 3.8) is 0 Å². The summed E-state index contributed by atoms with van der Waals surface area (Å²) in [4.78, 5) is 30.2. The third kappa shape index (κ3) is 5.67. The first-order valence-corrected chi connectivity index (χ1v) is 12.2. The summed E-state index contributed by atoms with van der Waals surface area (Å²) in [7, 11) is 0. The number of thiazole rings is 1. The Balaban J connectivity index is 1.36. The Morgan fingerprint density at radius 2 is 1.91 bits per heavy atom. The van der Waals surface area contributed by atoms with E-state index in [9.17, 15) is 9.59 Å². The molecule has 0 saturated heterocycles.